The van der Waals surface area contributed by atoms with Gasteiger partial charge in [0.2, 0.25) is 0 Å². The van der Waals surface area contributed by atoms with E-state index in [1.54, 1.807) is 20.3 Å². The van der Waals surface area contributed by atoms with Crippen LogP contribution in [0.2, 0.25) is 0 Å². The molecular formula is C17H20O4. The second-order valence-electron chi connectivity index (χ2n) is 5.77. The topological polar surface area (TPSA) is 44.8 Å². The van der Waals surface area contributed by atoms with Gasteiger partial charge in [-0.25, -0.2) is 0 Å². The lowest BCUT2D eigenvalue weighted by Gasteiger charge is -2.30. The molecule has 1 heterocycles. The monoisotopic (exact) mass is 288 g/mol. The molecule has 0 saturated carbocycles. The highest BCUT2D eigenvalue weighted by atomic mass is 16.5. The third-order valence-corrected chi connectivity index (χ3v) is 4.47. The highest BCUT2D eigenvalue weighted by Crippen LogP contribution is 2.56. The molecule has 0 aromatic heterocycles. The number of ether oxygens (including phenoxy) is 3. The average molecular weight is 288 g/mol. The summed E-state index contributed by atoms with van der Waals surface area (Å²) in [5, 5.41) is 0. The molecule has 3 rings (SSSR count). The molecule has 1 aromatic rings. The summed E-state index contributed by atoms with van der Waals surface area (Å²) in [6.45, 7) is 3.59. The standard InChI is InChI=1S/C17H20O4/c1-10(18)14-12(19-3)9-13(20-4)15-11-7-5-6-8-17(11,2)21-16(14)15/h6,8-9,11H,5,7H2,1-4H3/t11-,17-/m1/s1. The van der Waals surface area contributed by atoms with Gasteiger partial charge in [0, 0.05) is 17.5 Å². The van der Waals surface area contributed by atoms with Gasteiger partial charge in [0.05, 0.1) is 14.2 Å². The molecule has 0 radical (unpaired) electrons. The van der Waals surface area contributed by atoms with E-state index in [9.17, 15) is 4.79 Å². The molecule has 4 nitrogen and oxygen atoms in total. The Morgan fingerprint density at radius 2 is 2.05 bits per heavy atom. The predicted octanol–water partition coefficient (Wildman–Crippen LogP) is 3.49. The SMILES string of the molecule is COc1cc(OC)c2c(c1C(C)=O)O[C@]1(C)C=CCC[C@H]21. The molecule has 0 spiro atoms. The van der Waals surface area contributed by atoms with E-state index >= 15 is 0 Å². The van der Waals surface area contributed by atoms with Crippen molar-refractivity contribution in [3.8, 4) is 17.2 Å². The number of allylic oxidation sites excluding steroid dienone is 1. The van der Waals surface area contributed by atoms with Gasteiger partial charge in [0.25, 0.3) is 0 Å². The smallest absolute Gasteiger partial charge is 0.167 e. The van der Waals surface area contributed by atoms with Crippen molar-refractivity contribution < 1.29 is 19.0 Å². The quantitative estimate of drug-likeness (QED) is 0.631. The Labute approximate surface area is 124 Å². The maximum Gasteiger partial charge on any atom is 0.167 e. The van der Waals surface area contributed by atoms with Crippen LogP contribution in [0.1, 0.15) is 48.5 Å². The van der Waals surface area contributed by atoms with Crippen molar-refractivity contribution in [3.63, 3.8) is 0 Å². The normalized spacial score (nSPS) is 25.8. The molecule has 0 fully saturated rings. The van der Waals surface area contributed by atoms with Crippen LogP contribution in [0.4, 0.5) is 0 Å². The van der Waals surface area contributed by atoms with E-state index in [-0.39, 0.29) is 11.7 Å². The molecule has 1 aliphatic heterocycles. The van der Waals surface area contributed by atoms with Crippen molar-refractivity contribution in [1.29, 1.82) is 0 Å². The van der Waals surface area contributed by atoms with Crippen LogP contribution in [0.15, 0.2) is 18.2 Å². The number of benzene rings is 1. The molecule has 0 unspecified atom stereocenters. The first-order valence-electron chi connectivity index (χ1n) is 7.18. The Kier molecular flexibility index (Phi) is 3.19. The minimum Gasteiger partial charge on any atom is -0.496 e. The van der Waals surface area contributed by atoms with Crippen molar-refractivity contribution >= 4 is 5.78 Å². The molecule has 0 N–H and O–H groups in total. The molecule has 1 aliphatic carbocycles. The molecule has 1 aromatic carbocycles. The van der Waals surface area contributed by atoms with Gasteiger partial charge < -0.3 is 14.2 Å². The predicted molar refractivity (Wildman–Crippen MR) is 79.7 cm³/mol. The molecule has 21 heavy (non-hydrogen) atoms. The largest absolute Gasteiger partial charge is 0.496 e. The van der Waals surface area contributed by atoms with Crippen molar-refractivity contribution in [2.45, 2.75) is 38.2 Å². The van der Waals surface area contributed by atoms with Gasteiger partial charge in [-0.05, 0) is 32.8 Å². The third kappa shape index (κ3) is 1.93. The minimum absolute atomic E-state index is 0.0584. The van der Waals surface area contributed by atoms with Crippen LogP contribution in [-0.4, -0.2) is 25.6 Å². The Morgan fingerprint density at radius 1 is 1.33 bits per heavy atom. The van der Waals surface area contributed by atoms with Crippen molar-refractivity contribution in [2.75, 3.05) is 14.2 Å². The van der Waals surface area contributed by atoms with E-state index in [1.165, 1.54) is 6.92 Å². The zero-order chi connectivity index (χ0) is 15.2. The summed E-state index contributed by atoms with van der Waals surface area (Å²) in [6, 6.07) is 1.79. The number of methoxy groups -OCH3 is 2. The molecule has 0 saturated heterocycles. The number of carbonyl (C=O) groups excluding carboxylic acids is 1. The maximum absolute atomic E-state index is 12.1. The molecule has 0 bridgehead atoms. The second-order valence-corrected chi connectivity index (χ2v) is 5.77. The van der Waals surface area contributed by atoms with Crippen LogP contribution in [0, 0.1) is 0 Å². The van der Waals surface area contributed by atoms with E-state index in [1.807, 2.05) is 0 Å². The van der Waals surface area contributed by atoms with Gasteiger partial charge in [-0.15, -0.1) is 0 Å². The van der Waals surface area contributed by atoms with E-state index in [0.717, 1.165) is 24.2 Å². The van der Waals surface area contributed by atoms with Crippen molar-refractivity contribution in [1.82, 2.24) is 0 Å². The molecule has 4 heteroatoms. The van der Waals surface area contributed by atoms with Crippen LogP contribution in [0.5, 0.6) is 17.2 Å². The minimum atomic E-state index is -0.412. The van der Waals surface area contributed by atoms with Gasteiger partial charge in [-0.1, -0.05) is 6.08 Å². The summed E-state index contributed by atoms with van der Waals surface area (Å²) in [7, 11) is 3.19. The van der Waals surface area contributed by atoms with E-state index in [2.05, 4.69) is 19.1 Å². The number of hydrogen-bond acceptors (Lipinski definition) is 4. The Hall–Kier alpha value is -1.97. The van der Waals surface area contributed by atoms with Gasteiger partial charge in [-0.3, -0.25) is 4.79 Å². The third-order valence-electron chi connectivity index (χ3n) is 4.47. The Bertz CT molecular complexity index is 632. The molecular weight excluding hydrogens is 268 g/mol. The van der Waals surface area contributed by atoms with E-state index in [0.29, 0.717) is 17.1 Å². The summed E-state index contributed by atoms with van der Waals surface area (Å²) in [5.74, 6) is 2.01. The zero-order valence-corrected chi connectivity index (χ0v) is 12.9. The van der Waals surface area contributed by atoms with Crippen LogP contribution in [0.25, 0.3) is 0 Å². The number of ketones is 1. The van der Waals surface area contributed by atoms with Gasteiger partial charge in [-0.2, -0.15) is 0 Å². The summed E-state index contributed by atoms with van der Waals surface area (Å²) < 4.78 is 17.1. The maximum atomic E-state index is 12.1. The molecule has 0 amide bonds. The lowest BCUT2D eigenvalue weighted by Crippen LogP contribution is -2.33. The van der Waals surface area contributed by atoms with Crippen LogP contribution < -0.4 is 14.2 Å². The number of Topliss-reactive ketones (excluding diaryl/α,β-unsaturated/α-hetero) is 1. The van der Waals surface area contributed by atoms with Gasteiger partial charge >= 0.3 is 0 Å². The van der Waals surface area contributed by atoms with Crippen LogP contribution in [-0.2, 0) is 0 Å². The second kappa shape index (κ2) is 4.79. The fraction of sp³-hybridized carbons (Fsp3) is 0.471. The summed E-state index contributed by atoms with van der Waals surface area (Å²) >= 11 is 0. The lowest BCUT2D eigenvalue weighted by molar-refractivity contribution is 0.0993. The first-order valence-corrected chi connectivity index (χ1v) is 7.18. The highest BCUT2D eigenvalue weighted by Gasteiger charge is 2.48. The van der Waals surface area contributed by atoms with Crippen LogP contribution >= 0.6 is 0 Å². The van der Waals surface area contributed by atoms with Gasteiger partial charge in [0.15, 0.2) is 5.78 Å². The van der Waals surface area contributed by atoms with Crippen LogP contribution in [0.3, 0.4) is 0 Å². The van der Waals surface area contributed by atoms with Crippen molar-refractivity contribution in [2.24, 2.45) is 0 Å². The number of fused-ring (bicyclic) bond motifs is 3. The summed E-state index contributed by atoms with van der Waals surface area (Å²) in [5.41, 5.74) is 1.09. The zero-order valence-electron chi connectivity index (χ0n) is 12.9. The summed E-state index contributed by atoms with van der Waals surface area (Å²) in [4.78, 5) is 12.1. The first-order chi connectivity index (χ1) is 10.0. The molecule has 2 aliphatic rings. The number of rotatable bonds is 3. The molecule has 2 atom stereocenters. The number of carbonyl (C=O) groups is 1. The van der Waals surface area contributed by atoms with Crippen molar-refractivity contribution in [3.05, 3.63) is 29.3 Å². The fourth-order valence-electron chi connectivity index (χ4n) is 3.47. The summed E-state index contributed by atoms with van der Waals surface area (Å²) in [6.07, 6.45) is 6.23. The average Bonchev–Trinajstić information content (AvgIpc) is 2.77. The lowest BCUT2D eigenvalue weighted by atomic mass is 9.78. The number of hydrogen-bond donors (Lipinski definition) is 0. The van der Waals surface area contributed by atoms with Gasteiger partial charge in [0.1, 0.15) is 28.4 Å². The Morgan fingerprint density at radius 3 is 2.67 bits per heavy atom. The highest BCUT2D eigenvalue weighted by molar-refractivity contribution is 6.01. The Balaban J connectivity index is 2.28. The van der Waals surface area contributed by atoms with E-state index < -0.39 is 5.60 Å². The van der Waals surface area contributed by atoms with E-state index in [4.69, 9.17) is 14.2 Å². The fourth-order valence-corrected chi connectivity index (χ4v) is 3.47. The molecule has 112 valence electrons. The first kappa shape index (κ1) is 14.0.